The molecule has 0 aromatic heterocycles. The standard InChI is InChI=1S/C17H23ClO2/c1-17(2)9-5-4-6-14(17)15(19)11-12-10-13(18)7-8-16(12)20-3/h7-8,10,14H,4-6,9,11H2,1-3H3. The number of carbonyl (C=O) groups is 1. The monoisotopic (exact) mass is 294 g/mol. The van der Waals surface area contributed by atoms with Crippen molar-refractivity contribution in [2.45, 2.75) is 46.0 Å². The minimum atomic E-state index is 0.112. The zero-order valence-corrected chi connectivity index (χ0v) is 13.3. The molecule has 1 aliphatic carbocycles. The van der Waals surface area contributed by atoms with Gasteiger partial charge in [-0.05, 0) is 36.5 Å². The quantitative estimate of drug-likeness (QED) is 0.806. The number of carbonyl (C=O) groups excluding carboxylic acids is 1. The van der Waals surface area contributed by atoms with Crippen LogP contribution in [0.25, 0.3) is 0 Å². The van der Waals surface area contributed by atoms with E-state index in [1.54, 1.807) is 13.2 Å². The first kappa shape index (κ1) is 15.4. The van der Waals surface area contributed by atoms with E-state index in [4.69, 9.17) is 16.3 Å². The van der Waals surface area contributed by atoms with Gasteiger partial charge in [-0.1, -0.05) is 38.3 Å². The molecule has 1 aromatic rings. The Morgan fingerprint density at radius 3 is 2.80 bits per heavy atom. The third kappa shape index (κ3) is 3.35. The van der Waals surface area contributed by atoms with E-state index in [0.717, 1.165) is 30.6 Å². The van der Waals surface area contributed by atoms with Crippen molar-refractivity contribution in [2.75, 3.05) is 7.11 Å². The predicted molar refractivity (Wildman–Crippen MR) is 82.5 cm³/mol. The van der Waals surface area contributed by atoms with Gasteiger partial charge in [0, 0.05) is 22.9 Å². The lowest BCUT2D eigenvalue weighted by molar-refractivity contribution is -0.127. The van der Waals surface area contributed by atoms with Crippen molar-refractivity contribution in [2.24, 2.45) is 11.3 Å². The van der Waals surface area contributed by atoms with Gasteiger partial charge in [-0.3, -0.25) is 4.79 Å². The summed E-state index contributed by atoms with van der Waals surface area (Å²) < 4.78 is 5.33. The number of ether oxygens (including phenoxy) is 1. The zero-order chi connectivity index (χ0) is 14.8. The van der Waals surface area contributed by atoms with Crippen LogP contribution in [0.4, 0.5) is 0 Å². The summed E-state index contributed by atoms with van der Waals surface area (Å²) in [5.41, 5.74) is 1.01. The van der Waals surface area contributed by atoms with Gasteiger partial charge in [0.1, 0.15) is 11.5 Å². The van der Waals surface area contributed by atoms with Crippen molar-refractivity contribution < 1.29 is 9.53 Å². The van der Waals surface area contributed by atoms with E-state index < -0.39 is 0 Å². The Balaban J connectivity index is 2.17. The molecule has 1 saturated carbocycles. The van der Waals surface area contributed by atoms with Gasteiger partial charge >= 0.3 is 0 Å². The summed E-state index contributed by atoms with van der Waals surface area (Å²) in [5.74, 6) is 1.21. The highest BCUT2D eigenvalue weighted by atomic mass is 35.5. The average Bonchev–Trinajstić information content (AvgIpc) is 2.38. The van der Waals surface area contributed by atoms with Crippen LogP contribution in [0.3, 0.4) is 0 Å². The van der Waals surface area contributed by atoms with Gasteiger partial charge < -0.3 is 4.74 Å². The maximum Gasteiger partial charge on any atom is 0.141 e. The number of ketones is 1. The van der Waals surface area contributed by atoms with Gasteiger partial charge in [0.15, 0.2) is 0 Å². The lowest BCUT2D eigenvalue weighted by Crippen LogP contribution is -2.34. The fourth-order valence-electron chi connectivity index (χ4n) is 3.29. The minimum absolute atomic E-state index is 0.112. The van der Waals surface area contributed by atoms with Gasteiger partial charge in [-0.2, -0.15) is 0 Å². The number of hydrogen-bond donors (Lipinski definition) is 0. The van der Waals surface area contributed by atoms with Gasteiger partial charge in [-0.25, -0.2) is 0 Å². The predicted octanol–water partition coefficient (Wildman–Crippen LogP) is 4.68. The van der Waals surface area contributed by atoms with Crippen molar-refractivity contribution >= 4 is 17.4 Å². The van der Waals surface area contributed by atoms with Crippen molar-refractivity contribution in [3.05, 3.63) is 28.8 Å². The van der Waals surface area contributed by atoms with Crippen LogP contribution >= 0.6 is 11.6 Å². The van der Waals surface area contributed by atoms with Crippen LogP contribution in [0.1, 0.15) is 45.1 Å². The largest absolute Gasteiger partial charge is 0.496 e. The first-order chi connectivity index (χ1) is 9.44. The maximum atomic E-state index is 12.7. The summed E-state index contributed by atoms with van der Waals surface area (Å²) >= 11 is 6.03. The van der Waals surface area contributed by atoms with Gasteiger partial charge in [-0.15, -0.1) is 0 Å². The van der Waals surface area contributed by atoms with E-state index in [0.29, 0.717) is 17.2 Å². The smallest absolute Gasteiger partial charge is 0.141 e. The Morgan fingerprint density at radius 1 is 1.40 bits per heavy atom. The van der Waals surface area contributed by atoms with E-state index in [1.807, 2.05) is 12.1 Å². The molecule has 1 unspecified atom stereocenters. The first-order valence-electron chi connectivity index (χ1n) is 7.29. The van der Waals surface area contributed by atoms with Gasteiger partial charge in [0.05, 0.1) is 7.11 Å². The molecular formula is C17H23ClO2. The van der Waals surface area contributed by atoms with Crippen LogP contribution in [-0.4, -0.2) is 12.9 Å². The molecule has 2 nitrogen and oxygen atoms in total. The molecule has 1 fully saturated rings. The Bertz CT molecular complexity index is 494. The SMILES string of the molecule is COc1ccc(Cl)cc1CC(=O)C1CCCCC1(C)C. The van der Waals surface area contributed by atoms with E-state index in [1.165, 1.54) is 6.42 Å². The van der Waals surface area contributed by atoms with E-state index in [-0.39, 0.29) is 11.3 Å². The number of Topliss-reactive ketones (excluding diaryl/α,β-unsaturated/α-hetero) is 1. The molecule has 1 aliphatic rings. The summed E-state index contributed by atoms with van der Waals surface area (Å²) in [5, 5.41) is 0.650. The van der Waals surface area contributed by atoms with Crippen LogP contribution in [0.5, 0.6) is 5.75 Å². The molecule has 0 saturated heterocycles. The second kappa shape index (κ2) is 6.17. The Morgan fingerprint density at radius 2 is 2.15 bits per heavy atom. The minimum Gasteiger partial charge on any atom is -0.496 e. The summed E-state index contributed by atoms with van der Waals surface area (Å²) in [6.45, 7) is 4.42. The van der Waals surface area contributed by atoms with Gasteiger partial charge in [0.25, 0.3) is 0 Å². The van der Waals surface area contributed by atoms with Crippen molar-refractivity contribution in [1.29, 1.82) is 0 Å². The Hall–Kier alpha value is -1.02. The average molecular weight is 295 g/mol. The number of methoxy groups -OCH3 is 1. The fraction of sp³-hybridized carbons (Fsp3) is 0.588. The lowest BCUT2D eigenvalue weighted by Gasteiger charge is -2.37. The molecule has 110 valence electrons. The van der Waals surface area contributed by atoms with Crippen LogP contribution in [-0.2, 0) is 11.2 Å². The highest BCUT2D eigenvalue weighted by molar-refractivity contribution is 6.30. The molecule has 1 atom stereocenters. The Kier molecular flexibility index (Phi) is 4.74. The molecular weight excluding hydrogens is 272 g/mol. The number of benzene rings is 1. The summed E-state index contributed by atoms with van der Waals surface area (Å²) in [6.07, 6.45) is 4.95. The van der Waals surface area contributed by atoms with E-state index >= 15 is 0 Å². The lowest BCUT2D eigenvalue weighted by atomic mass is 9.66. The molecule has 2 rings (SSSR count). The second-order valence-electron chi connectivity index (χ2n) is 6.39. The molecule has 0 amide bonds. The first-order valence-corrected chi connectivity index (χ1v) is 7.67. The maximum absolute atomic E-state index is 12.7. The van der Waals surface area contributed by atoms with Crippen LogP contribution in [0.2, 0.25) is 5.02 Å². The molecule has 0 spiro atoms. The molecule has 0 aliphatic heterocycles. The third-order valence-electron chi connectivity index (χ3n) is 4.50. The molecule has 1 aromatic carbocycles. The third-order valence-corrected chi connectivity index (χ3v) is 4.74. The van der Waals surface area contributed by atoms with Crippen LogP contribution in [0.15, 0.2) is 18.2 Å². The molecule has 0 N–H and O–H groups in total. The van der Waals surface area contributed by atoms with Gasteiger partial charge in [0.2, 0.25) is 0 Å². The molecule has 0 radical (unpaired) electrons. The topological polar surface area (TPSA) is 26.3 Å². The number of halogens is 1. The fourth-order valence-corrected chi connectivity index (χ4v) is 3.48. The highest BCUT2D eigenvalue weighted by Crippen LogP contribution is 2.41. The Labute approximate surface area is 126 Å². The highest BCUT2D eigenvalue weighted by Gasteiger charge is 2.36. The van der Waals surface area contributed by atoms with Crippen molar-refractivity contribution in [3.63, 3.8) is 0 Å². The normalized spacial score (nSPS) is 21.5. The molecule has 3 heteroatoms. The molecule has 0 heterocycles. The summed E-state index contributed by atoms with van der Waals surface area (Å²) in [7, 11) is 1.63. The number of hydrogen-bond acceptors (Lipinski definition) is 2. The molecule has 0 bridgehead atoms. The van der Waals surface area contributed by atoms with E-state index in [2.05, 4.69) is 13.8 Å². The number of rotatable bonds is 4. The molecule has 20 heavy (non-hydrogen) atoms. The van der Waals surface area contributed by atoms with Crippen molar-refractivity contribution in [3.8, 4) is 5.75 Å². The zero-order valence-electron chi connectivity index (χ0n) is 12.5. The van der Waals surface area contributed by atoms with Crippen molar-refractivity contribution in [1.82, 2.24) is 0 Å². The summed E-state index contributed by atoms with van der Waals surface area (Å²) in [6, 6.07) is 5.46. The second-order valence-corrected chi connectivity index (χ2v) is 6.82. The van der Waals surface area contributed by atoms with Crippen LogP contribution < -0.4 is 4.74 Å². The van der Waals surface area contributed by atoms with E-state index in [9.17, 15) is 4.79 Å². The van der Waals surface area contributed by atoms with Crippen LogP contribution in [0, 0.1) is 11.3 Å². The summed E-state index contributed by atoms with van der Waals surface area (Å²) in [4.78, 5) is 12.7.